The summed E-state index contributed by atoms with van der Waals surface area (Å²) in [7, 11) is 0. The number of aromatic nitrogens is 1. The highest BCUT2D eigenvalue weighted by molar-refractivity contribution is 7.20. The Morgan fingerprint density at radius 3 is 2.56 bits per heavy atom. The van der Waals surface area contributed by atoms with Crippen molar-refractivity contribution >= 4 is 44.1 Å². The van der Waals surface area contributed by atoms with Crippen LogP contribution in [0.25, 0.3) is 43.4 Å². The highest BCUT2D eigenvalue weighted by Crippen LogP contribution is 2.50. The van der Waals surface area contributed by atoms with Crippen molar-refractivity contribution < 1.29 is 9.21 Å². The summed E-state index contributed by atoms with van der Waals surface area (Å²) in [5, 5.41) is 6.82. The number of fused-ring (bicyclic) bond motifs is 4. The Hall–Kier alpha value is -3.44. The quantitative estimate of drug-likeness (QED) is 0.411. The van der Waals surface area contributed by atoms with E-state index < -0.39 is 0 Å². The number of nitrogens with one attached hydrogen (secondary N) is 1. The summed E-state index contributed by atoms with van der Waals surface area (Å²) in [6.07, 6.45) is 0. The van der Waals surface area contributed by atoms with Crippen LogP contribution in [0, 0.1) is 0 Å². The van der Waals surface area contributed by atoms with Crippen molar-refractivity contribution in [3.63, 3.8) is 0 Å². The van der Waals surface area contributed by atoms with Crippen LogP contribution in [0.4, 0.5) is 5.13 Å². The van der Waals surface area contributed by atoms with Crippen LogP contribution in [0.1, 0.15) is 10.6 Å². The summed E-state index contributed by atoms with van der Waals surface area (Å²) in [6.45, 7) is 0. The number of nitrogens with zero attached hydrogens (tertiary/aromatic N) is 1. The van der Waals surface area contributed by atoms with E-state index in [-0.39, 0.29) is 11.7 Å². The molecule has 3 aromatic carbocycles. The molecule has 27 heavy (non-hydrogen) atoms. The fourth-order valence-corrected chi connectivity index (χ4v) is 4.73. The van der Waals surface area contributed by atoms with Crippen molar-refractivity contribution in [2.75, 3.05) is 5.32 Å². The van der Waals surface area contributed by atoms with E-state index in [0.717, 1.165) is 21.5 Å². The largest absolute Gasteiger partial charge is 0.451 e. The fraction of sp³-hybridized carbons (Fsp3) is 0. The van der Waals surface area contributed by atoms with E-state index in [1.807, 2.05) is 30.3 Å². The zero-order valence-corrected chi connectivity index (χ0v) is 14.8. The lowest BCUT2D eigenvalue weighted by Crippen LogP contribution is -2.10. The third-order valence-electron chi connectivity index (χ3n) is 4.90. The van der Waals surface area contributed by atoms with Crippen LogP contribution >= 0.6 is 11.3 Å². The van der Waals surface area contributed by atoms with Crippen molar-refractivity contribution in [3.8, 4) is 21.7 Å². The number of furan rings is 1. The third-order valence-corrected chi connectivity index (χ3v) is 5.91. The first kappa shape index (κ1) is 14.7. The number of amides is 1. The molecule has 6 rings (SSSR count). The maximum atomic E-state index is 12.6. The molecule has 0 fully saturated rings. The predicted molar refractivity (Wildman–Crippen MR) is 108 cm³/mol. The topological polar surface area (TPSA) is 55.1 Å². The van der Waals surface area contributed by atoms with Gasteiger partial charge in [-0.15, -0.1) is 0 Å². The first-order valence-electron chi connectivity index (χ1n) is 8.61. The number of carbonyl (C=O) groups is 1. The van der Waals surface area contributed by atoms with E-state index in [2.05, 4.69) is 35.6 Å². The van der Waals surface area contributed by atoms with Crippen LogP contribution in [0.2, 0.25) is 0 Å². The van der Waals surface area contributed by atoms with Crippen molar-refractivity contribution in [2.45, 2.75) is 0 Å². The fourth-order valence-electron chi connectivity index (χ4n) is 3.72. The van der Waals surface area contributed by atoms with E-state index in [9.17, 15) is 4.79 Å². The third kappa shape index (κ3) is 2.09. The standard InChI is InChI=1S/C22H12N2O2S/c25-21(17-11-13-5-1-2-10-16(13)26-17)24-22-23-19-14-8-3-6-12-7-4-9-15(18(12)14)20(19)27-22/h1-11H,(H,23,24,25). The molecule has 0 bridgehead atoms. The summed E-state index contributed by atoms with van der Waals surface area (Å²) in [4.78, 5) is 18.4. The summed E-state index contributed by atoms with van der Waals surface area (Å²) in [6, 6.07) is 21.9. The van der Waals surface area contributed by atoms with Gasteiger partial charge in [0.15, 0.2) is 10.9 Å². The minimum Gasteiger partial charge on any atom is -0.451 e. The van der Waals surface area contributed by atoms with Gasteiger partial charge in [0.05, 0.1) is 10.6 Å². The molecular formula is C22H12N2O2S. The van der Waals surface area contributed by atoms with Gasteiger partial charge in [0.25, 0.3) is 5.91 Å². The molecule has 0 saturated carbocycles. The van der Waals surface area contributed by atoms with Crippen LogP contribution in [0.15, 0.2) is 71.1 Å². The number of hydrogen-bond acceptors (Lipinski definition) is 4. The summed E-state index contributed by atoms with van der Waals surface area (Å²) in [5.74, 6) is -0.000761. The van der Waals surface area contributed by atoms with Crippen molar-refractivity contribution in [1.82, 2.24) is 4.98 Å². The molecule has 1 amide bonds. The van der Waals surface area contributed by atoms with Gasteiger partial charge in [-0.3, -0.25) is 10.1 Å². The minimum atomic E-state index is -0.287. The van der Waals surface area contributed by atoms with Crippen LogP contribution < -0.4 is 5.32 Å². The smallest absolute Gasteiger partial charge is 0.293 e. The van der Waals surface area contributed by atoms with Crippen LogP contribution in [-0.4, -0.2) is 10.9 Å². The van der Waals surface area contributed by atoms with Gasteiger partial charge in [-0.25, -0.2) is 4.98 Å². The molecule has 0 saturated heterocycles. The van der Waals surface area contributed by atoms with Gasteiger partial charge < -0.3 is 4.42 Å². The molecule has 0 aliphatic heterocycles. The summed E-state index contributed by atoms with van der Waals surface area (Å²) < 4.78 is 5.65. The monoisotopic (exact) mass is 368 g/mol. The second-order valence-electron chi connectivity index (χ2n) is 6.51. The van der Waals surface area contributed by atoms with Gasteiger partial charge in [0.1, 0.15) is 5.58 Å². The van der Waals surface area contributed by atoms with Crippen molar-refractivity contribution in [2.24, 2.45) is 0 Å². The molecule has 1 N–H and O–H groups in total. The maximum absolute atomic E-state index is 12.6. The van der Waals surface area contributed by atoms with Gasteiger partial charge >= 0.3 is 0 Å². The molecule has 0 radical (unpaired) electrons. The van der Waals surface area contributed by atoms with Crippen LogP contribution in [-0.2, 0) is 0 Å². The molecule has 2 aromatic heterocycles. The SMILES string of the molecule is O=C(Nc1nc2c(s1)-c1cccc3cccc-2c13)c1cc2ccccc2o1. The highest BCUT2D eigenvalue weighted by atomic mass is 32.1. The first-order valence-corrected chi connectivity index (χ1v) is 9.43. The lowest BCUT2D eigenvalue weighted by Gasteiger charge is -2.02. The Kier molecular flexibility index (Phi) is 2.88. The normalized spacial score (nSPS) is 11.9. The van der Waals surface area contributed by atoms with Crippen LogP contribution in [0.5, 0.6) is 0 Å². The molecule has 5 aromatic rings. The van der Waals surface area contributed by atoms with Crippen molar-refractivity contribution in [1.29, 1.82) is 0 Å². The zero-order valence-electron chi connectivity index (χ0n) is 14.0. The molecule has 1 aliphatic carbocycles. The number of thiazole rings is 1. The van der Waals surface area contributed by atoms with E-state index >= 15 is 0 Å². The van der Waals surface area contributed by atoms with Crippen molar-refractivity contribution in [3.05, 3.63) is 72.5 Å². The van der Waals surface area contributed by atoms with E-state index in [4.69, 9.17) is 9.40 Å². The van der Waals surface area contributed by atoms with Gasteiger partial charge in [-0.05, 0) is 22.9 Å². The molecule has 128 valence electrons. The van der Waals surface area contributed by atoms with E-state index in [1.165, 1.54) is 27.7 Å². The summed E-state index contributed by atoms with van der Waals surface area (Å²) >= 11 is 1.50. The molecule has 4 nitrogen and oxygen atoms in total. The molecule has 5 heteroatoms. The predicted octanol–water partition coefficient (Wildman–Crippen LogP) is 5.94. The Bertz CT molecular complexity index is 1290. The zero-order chi connectivity index (χ0) is 18.0. The number of anilines is 1. The summed E-state index contributed by atoms with van der Waals surface area (Å²) in [5.41, 5.74) is 3.94. The van der Waals surface area contributed by atoms with Crippen LogP contribution in [0.3, 0.4) is 0 Å². The molecule has 1 aliphatic rings. The van der Waals surface area contributed by atoms with Gasteiger partial charge in [0.2, 0.25) is 0 Å². The lowest BCUT2D eigenvalue weighted by molar-refractivity contribution is 0.0998. The Morgan fingerprint density at radius 1 is 0.926 bits per heavy atom. The molecule has 2 heterocycles. The number of rotatable bonds is 2. The lowest BCUT2D eigenvalue weighted by atomic mass is 10.0. The molecule has 0 spiro atoms. The Labute approximate surface area is 158 Å². The van der Waals surface area contributed by atoms with Gasteiger partial charge in [0, 0.05) is 16.5 Å². The van der Waals surface area contributed by atoms with Gasteiger partial charge in [-0.1, -0.05) is 65.9 Å². The van der Waals surface area contributed by atoms with E-state index in [1.54, 1.807) is 6.07 Å². The number of carbonyl (C=O) groups excluding carboxylic acids is 1. The molecule has 0 unspecified atom stereocenters. The minimum absolute atomic E-state index is 0.286. The van der Waals surface area contributed by atoms with E-state index in [0.29, 0.717) is 10.7 Å². The second-order valence-corrected chi connectivity index (χ2v) is 7.51. The number of hydrogen-bond donors (Lipinski definition) is 1. The number of benzene rings is 3. The molecular weight excluding hydrogens is 356 g/mol. The molecule has 0 atom stereocenters. The van der Waals surface area contributed by atoms with Gasteiger partial charge in [-0.2, -0.15) is 0 Å². The Balaban J connectivity index is 1.38. The Morgan fingerprint density at radius 2 is 1.70 bits per heavy atom. The first-order chi connectivity index (χ1) is 13.3. The maximum Gasteiger partial charge on any atom is 0.293 e. The number of para-hydroxylation sites is 1. The second kappa shape index (κ2) is 5.28. The average Bonchev–Trinajstić information content (AvgIpc) is 3.37. The average molecular weight is 368 g/mol. The highest BCUT2D eigenvalue weighted by Gasteiger charge is 2.26.